The normalized spacial score (nSPS) is 14.5. The maximum atomic E-state index is 11.7. The van der Waals surface area contributed by atoms with E-state index >= 15 is 0 Å². The Morgan fingerprint density at radius 2 is 1.88 bits per heavy atom. The molecule has 0 spiro atoms. The summed E-state index contributed by atoms with van der Waals surface area (Å²) in [5.74, 6) is 0.265. The van der Waals surface area contributed by atoms with Crippen LogP contribution in [0.25, 0.3) is 16.3 Å². The van der Waals surface area contributed by atoms with Gasteiger partial charge >= 0.3 is 5.97 Å². The van der Waals surface area contributed by atoms with Crippen molar-refractivity contribution in [3.8, 4) is 22.3 Å². The van der Waals surface area contributed by atoms with E-state index < -0.39 is 12.0 Å². The van der Waals surface area contributed by atoms with E-state index in [0.717, 1.165) is 37.8 Å². The fraction of sp³-hybridized carbons (Fsp3) is 0.208. The SMILES string of the molecule is Cc1sc2c(c1C)C(c1ccc(-c3cc(C#N)ncn3)cc1)=N[C@@H](CC(=O)O)c1nnc(C)n1-2. The molecule has 0 unspecified atom stereocenters. The fourth-order valence-corrected chi connectivity index (χ4v) is 5.28. The van der Waals surface area contributed by atoms with Crippen molar-refractivity contribution in [3.05, 3.63) is 75.6 Å². The van der Waals surface area contributed by atoms with Crippen molar-refractivity contribution >= 4 is 23.0 Å². The summed E-state index contributed by atoms with van der Waals surface area (Å²) in [5.41, 5.74) is 5.41. The highest BCUT2D eigenvalue weighted by atomic mass is 32.1. The number of carboxylic acids is 1. The Hall–Kier alpha value is -4.23. The number of nitriles is 1. The third-order valence-electron chi connectivity index (χ3n) is 5.84. The lowest BCUT2D eigenvalue weighted by Crippen LogP contribution is -2.10. The van der Waals surface area contributed by atoms with Gasteiger partial charge in [-0.25, -0.2) is 9.97 Å². The average Bonchev–Trinajstić information content (AvgIpc) is 3.31. The highest BCUT2D eigenvalue weighted by Crippen LogP contribution is 2.39. The molecule has 1 aliphatic rings. The third-order valence-corrected chi connectivity index (χ3v) is 7.04. The molecule has 4 heterocycles. The number of aliphatic imine (C=N–C) groups is 1. The van der Waals surface area contributed by atoms with Crippen LogP contribution in [-0.2, 0) is 4.79 Å². The van der Waals surface area contributed by atoms with Crippen molar-refractivity contribution in [2.75, 3.05) is 0 Å². The fourth-order valence-electron chi connectivity index (χ4n) is 4.07. The first-order valence-corrected chi connectivity index (χ1v) is 11.3. The molecule has 1 aromatic carbocycles. The zero-order chi connectivity index (χ0) is 24.0. The molecule has 3 aromatic heterocycles. The van der Waals surface area contributed by atoms with Crippen LogP contribution in [0.15, 0.2) is 41.7 Å². The Balaban J connectivity index is 1.67. The minimum absolute atomic E-state index is 0.190. The number of fused-ring (bicyclic) bond motifs is 3. The molecule has 0 aliphatic carbocycles. The number of benzene rings is 1. The number of aryl methyl sites for hydroxylation is 2. The Morgan fingerprint density at radius 1 is 1.15 bits per heavy atom. The molecule has 0 amide bonds. The van der Waals surface area contributed by atoms with Crippen LogP contribution in [-0.4, -0.2) is 41.5 Å². The van der Waals surface area contributed by atoms with E-state index in [1.807, 2.05) is 41.8 Å². The summed E-state index contributed by atoms with van der Waals surface area (Å²) in [6, 6.07) is 10.7. The summed E-state index contributed by atoms with van der Waals surface area (Å²) >= 11 is 1.62. The number of thiophene rings is 1. The minimum Gasteiger partial charge on any atom is -0.481 e. The van der Waals surface area contributed by atoms with Gasteiger partial charge in [-0.05, 0) is 26.3 Å². The number of hydrogen-bond donors (Lipinski definition) is 1. The number of hydrogen-bond acceptors (Lipinski definition) is 8. The summed E-state index contributed by atoms with van der Waals surface area (Å²) < 4.78 is 1.93. The molecule has 5 rings (SSSR count). The summed E-state index contributed by atoms with van der Waals surface area (Å²) in [7, 11) is 0. The summed E-state index contributed by atoms with van der Waals surface area (Å²) in [6.07, 6.45) is 1.18. The number of carbonyl (C=O) groups is 1. The van der Waals surface area contributed by atoms with Gasteiger partial charge in [0.15, 0.2) is 5.82 Å². The molecule has 0 saturated carbocycles. The minimum atomic E-state index is -0.953. The van der Waals surface area contributed by atoms with Gasteiger partial charge in [0.1, 0.15) is 35.0 Å². The van der Waals surface area contributed by atoms with Gasteiger partial charge < -0.3 is 5.11 Å². The maximum Gasteiger partial charge on any atom is 0.306 e. The van der Waals surface area contributed by atoms with Crippen molar-refractivity contribution in [3.63, 3.8) is 0 Å². The molecule has 0 bridgehead atoms. The van der Waals surface area contributed by atoms with Gasteiger partial charge in [-0.2, -0.15) is 5.26 Å². The van der Waals surface area contributed by atoms with Crippen LogP contribution in [0.1, 0.15) is 51.4 Å². The van der Waals surface area contributed by atoms with Gasteiger partial charge in [0.25, 0.3) is 0 Å². The molecule has 34 heavy (non-hydrogen) atoms. The predicted octanol–water partition coefficient (Wildman–Crippen LogP) is 3.95. The first-order chi connectivity index (χ1) is 16.4. The standard InChI is InChI=1S/C24H19N7O2S/c1-12-13(2)34-24-21(12)22(28-19(9-20(32)33)23-30-29-14(3)31(23)24)16-6-4-15(5-7-16)18-8-17(10-25)26-11-27-18/h4-8,11,19H,9H2,1-3H3,(H,32,33)/t19-/m0/s1. The highest BCUT2D eigenvalue weighted by molar-refractivity contribution is 7.15. The second-order valence-corrected chi connectivity index (χ2v) is 9.18. The lowest BCUT2D eigenvalue weighted by Gasteiger charge is -2.11. The summed E-state index contributed by atoms with van der Waals surface area (Å²) in [5, 5.41) is 28.1. The molecule has 1 atom stereocenters. The van der Waals surface area contributed by atoms with Crippen LogP contribution in [0, 0.1) is 32.1 Å². The first kappa shape index (κ1) is 21.6. The summed E-state index contributed by atoms with van der Waals surface area (Å²) in [4.78, 5) is 25.9. The molecular formula is C24H19N7O2S. The van der Waals surface area contributed by atoms with Gasteiger partial charge in [0.05, 0.1) is 17.8 Å². The zero-order valence-corrected chi connectivity index (χ0v) is 19.5. The van der Waals surface area contributed by atoms with Crippen molar-refractivity contribution < 1.29 is 9.90 Å². The van der Waals surface area contributed by atoms with Crippen LogP contribution in [0.4, 0.5) is 0 Å². The second-order valence-electron chi connectivity index (χ2n) is 7.97. The van der Waals surface area contributed by atoms with E-state index in [2.05, 4.69) is 34.0 Å². The highest BCUT2D eigenvalue weighted by Gasteiger charge is 2.32. The lowest BCUT2D eigenvalue weighted by molar-refractivity contribution is -0.137. The average molecular weight is 470 g/mol. The largest absolute Gasteiger partial charge is 0.481 e. The molecule has 0 fully saturated rings. The van der Waals surface area contributed by atoms with E-state index in [1.165, 1.54) is 6.33 Å². The smallest absolute Gasteiger partial charge is 0.306 e. The van der Waals surface area contributed by atoms with E-state index in [9.17, 15) is 9.90 Å². The Labute approximate surface area is 199 Å². The van der Waals surface area contributed by atoms with Gasteiger partial charge in [0.2, 0.25) is 0 Å². The first-order valence-electron chi connectivity index (χ1n) is 10.5. The summed E-state index contributed by atoms with van der Waals surface area (Å²) in [6.45, 7) is 5.97. The van der Waals surface area contributed by atoms with Crippen LogP contribution < -0.4 is 0 Å². The number of rotatable bonds is 4. The van der Waals surface area contributed by atoms with Crippen LogP contribution in [0.3, 0.4) is 0 Å². The molecule has 10 heteroatoms. The molecule has 168 valence electrons. The predicted molar refractivity (Wildman–Crippen MR) is 126 cm³/mol. The monoisotopic (exact) mass is 469 g/mol. The molecule has 1 N–H and O–H groups in total. The molecular weight excluding hydrogens is 450 g/mol. The van der Waals surface area contributed by atoms with Crippen LogP contribution >= 0.6 is 11.3 Å². The lowest BCUT2D eigenvalue weighted by atomic mass is 9.98. The number of aliphatic carboxylic acids is 1. The maximum absolute atomic E-state index is 11.7. The van der Waals surface area contributed by atoms with Gasteiger partial charge in [-0.3, -0.25) is 14.4 Å². The number of nitrogens with zero attached hydrogens (tertiary/aromatic N) is 7. The number of aromatic nitrogens is 5. The van der Waals surface area contributed by atoms with Crippen LogP contribution in [0.5, 0.6) is 0 Å². The zero-order valence-electron chi connectivity index (χ0n) is 18.6. The molecule has 4 aromatic rings. The second kappa shape index (κ2) is 8.28. The van der Waals surface area contributed by atoms with Gasteiger partial charge in [0, 0.05) is 27.6 Å². The molecule has 9 nitrogen and oxygen atoms in total. The van der Waals surface area contributed by atoms with Gasteiger partial charge in [-0.15, -0.1) is 21.5 Å². The van der Waals surface area contributed by atoms with E-state index in [1.54, 1.807) is 17.4 Å². The quantitative estimate of drug-likeness (QED) is 0.479. The number of carboxylic acid groups (broad SMARTS) is 1. The van der Waals surface area contributed by atoms with Crippen molar-refractivity contribution in [1.29, 1.82) is 5.26 Å². The van der Waals surface area contributed by atoms with E-state index in [0.29, 0.717) is 23.0 Å². The van der Waals surface area contributed by atoms with Crippen molar-refractivity contribution in [2.24, 2.45) is 4.99 Å². The van der Waals surface area contributed by atoms with Crippen molar-refractivity contribution in [1.82, 2.24) is 24.7 Å². The topological polar surface area (TPSA) is 130 Å². The Morgan fingerprint density at radius 3 is 2.59 bits per heavy atom. The van der Waals surface area contributed by atoms with E-state index in [4.69, 9.17) is 10.3 Å². The van der Waals surface area contributed by atoms with Crippen molar-refractivity contribution in [2.45, 2.75) is 33.2 Å². The van der Waals surface area contributed by atoms with Crippen LogP contribution in [0.2, 0.25) is 0 Å². The molecule has 0 saturated heterocycles. The third kappa shape index (κ3) is 3.56. The molecule has 0 radical (unpaired) electrons. The Kier molecular flexibility index (Phi) is 5.26. The Bertz CT molecular complexity index is 1510. The van der Waals surface area contributed by atoms with E-state index in [-0.39, 0.29) is 6.42 Å². The molecule has 1 aliphatic heterocycles. The van der Waals surface area contributed by atoms with Gasteiger partial charge in [-0.1, -0.05) is 24.3 Å².